The lowest BCUT2D eigenvalue weighted by atomic mass is 10.1. The van der Waals surface area contributed by atoms with Crippen molar-refractivity contribution >= 4 is 0 Å². The van der Waals surface area contributed by atoms with Crippen LogP contribution in [0.3, 0.4) is 0 Å². The largest absolute Gasteiger partial charge is 0.209 e. The minimum absolute atomic E-state index is 0.245. The first kappa shape index (κ1) is 7.85. The first-order valence-electron chi connectivity index (χ1n) is 3.36. The third-order valence-electron chi connectivity index (χ3n) is 1.52. The van der Waals surface area contributed by atoms with Gasteiger partial charge in [-0.3, -0.25) is 0 Å². The van der Waals surface area contributed by atoms with Crippen LogP contribution in [0.2, 0.25) is 0 Å². The SMILES string of the molecule is CC(N=N)c1cccc(F)c1. The van der Waals surface area contributed by atoms with Crippen molar-refractivity contribution in [2.45, 2.75) is 13.0 Å². The second-order valence-electron chi connectivity index (χ2n) is 2.36. The maximum absolute atomic E-state index is 12.6. The Balaban J connectivity index is 2.95. The van der Waals surface area contributed by atoms with Crippen molar-refractivity contribution < 1.29 is 4.39 Å². The predicted octanol–water partition coefficient (Wildman–Crippen LogP) is 2.92. The number of nitrogens with zero attached hydrogens (tertiary/aromatic N) is 1. The number of halogens is 1. The number of nitrogens with one attached hydrogen (secondary N) is 1. The van der Waals surface area contributed by atoms with Gasteiger partial charge in [-0.25, -0.2) is 9.92 Å². The van der Waals surface area contributed by atoms with E-state index in [1.807, 2.05) is 0 Å². The van der Waals surface area contributed by atoms with E-state index in [0.717, 1.165) is 5.56 Å². The smallest absolute Gasteiger partial charge is 0.123 e. The van der Waals surface area contributed by atoms with Crippen molar-refractivity contribution in [3.63, 3.8) is 0 Å². The lowest BCUT2D eigenvalue weighted by Crippen LogP contribution is -1.88. The molecule has 1 rings (SSSR count). The molecule has 0 saturated carbocycles. The summed E-state index contributed by atoms with van der Waals surface area (Å²) in [5.41, 5.74) is 7.46. The molecule has 1 atom stereocenters. The van der Waals surface area contributed by atoms with Gasteiger partial charge in [0.05, 0.1) is 6.04 Å². The molecule has 11 heavy (non-hydrogen) atoms. The molecule has 0 amide bonds. The predicted molar refractivity (Wildman–Crippen MR) is 40.0 cm³/mol. The molecule has 1 unspecified atom stereocenters. The van der Waals surface area contributed by atoms with Crippen LogP contribution in [0, 0.1) is 11.3 Å². The van der Waals surface area contributed by atoms with Gasteiger partial charge in [0.1, 0.15) is 5.82 Å². The molecule has 1 N–H and O–H groups in total. The molecule has 0 saturated heterocycles. The maximum atomic E-state index is 12.6. The molecule has 0 aliphatic heterocycles. The average molecular weight is 152 g/mol. The standard InChI is InChI=1S/C8H9FN2/c1-6(11-10)7-3-2-4-8(9)5-7/h2-6,10H,1H3. The quantitative estimate of drug-likeness (QED) is 0.632. The van der Waals surface area contributed by atoms with E-state index in [0.29, 0.717) is 0 Å². The Morgan fingerprint density at radius 2 is 2.27 bits per heavy atom. The summed E-state index contributed by atoms with van der Waals surface area (Å²) in [6, 6.07) is 5.90. The van der Waals surface area contributed by atoms with E-state index < -0.39 is 0 Å². The monoisotopic (exact) mass is 152 g/mol. The molecule has 0 spiro atoms. The van der Waals surface area contributed by atoms with Gasteiger partial charge >= 0.3 is 0 Å². The fourth-order valence-corrected chi connectivity index (χ4v) is 0.841. The molecular formula is C8H9FN2. The number of benzene rings is 1. The molecule has 2 nitrogen and oxygen atoms in total. The zero-order valence-electron chi connectivity index (χ0n) is 6.21. The third kappa shape index (κ3) is 1.83. The summed E-state index contributed by atoms with van der Waals surface area (Å²) < 4.78 is 12.6. The van der Waals surface area contributed by atoms with Crippen molar-refractivity contribution in [2.75, 3.05) is 0 Å². The van der Waals surface area contributed by atoms with E-state index in [9.17, 15) is 4.39 Å². The fraction of sp³-hybridized carbons (Fsp3) is 0.250. The third-order valence-corrected chi connectivity index (χ3v) is 1.52. The van der Waals surface area contributed by atoms with Crippen LogP contribution in [0.5, 0.6) is 0 Å². The van der Waals surface area contributed by atoms with Gasteiger partial charge in [-0.05, 0) is 24.6 Å². The first-order chi connectivity index (χ1) is 5.24. The second-order valence-corrected chi connectivity index (χ2v) is 2.36. The molecule has 0 bridgehead atoms. The van der Waals surface area contributed by atoms with Gasteiger partial charge in [0.15, 0.2) is 0 Å². The van der Waals surface area contributed by atoms with E-state index in [2.05, 4.69) is 5.11 Å². The first-order valence-corrected chi connectivity index (χ1v) is 3.36. The summed E-state index contributed by atoms with van der Waals surface area (Å²) in [5.74, 6) is -0.280. The average Bonchev–Trinajstić information content (AvgIpc) is 2.03. The topological polar surface area (TPSA) is 36.2 Å². The Morgan fingerprint density at radius 1 is 1.55 bits per heavy atom. The molecule has 1 aromatic carbocycles. The molecule has 0 fully saturated rings. The summed E-state index contributed by atoms with van der Waals surface area (Å²) in [5, 5.41) is 3.28. The van der Waals surface area contributed by atoms with Crippen LogP contribution in [-0.2, 0) is 0 Å². The van der Waals surface area contributed by atoms with E-state index >= 15 is 0 Å². The normalized spacial score (nSPS) is 12.5. The highest BCUT2D eigenvalue weighted by atomic mass is 19.1. The second kappa shape index (κ2) is 3.23. The molecule has 0 aromatic heterocycles. The lowest BCUT2D eigenvalue weighted by molar-refractivity contribution is 0.620. The van der Waals surface area contributed by atoms with Gasteiger partial charge in [0.2, 0.25) is 0 Å². The number of hydrogen-bond acceptors (Lipinski definition) is 2. The van der Waals surface area contributed by atoms with Gasteiger partial charge in [-0.1, -0.05) is 12.1 Å². The van der Waals surface area contributed by atoms with Crippen LogP contribution in [-0.4, -0.2) is 0 Å². The van der Waals surface area contributed by atoms with Gasteiger partial charge in [0.25, 0.3) is 0 Å². The fourth-order valence-electron chi connectivity index (χ4n) is 0.841. The molecule has 3 heteroatoms. The van der Waals surface area contributed by atoms with Gasteiger partial charge in [-0.2, -0.15) is 5.11 Å². The van der Waals surface area contributed by atoms with E-state index in [4.69, 9.17) is 5.53 Å². The zero-order chi connectivity index (χ0) is 8.27. The van der Waals surface area contributed by atoms with E-state index in [1.165, 1.54) is 12.1 Å². The molecule has 0 radical (unpaired) electrons. The highest BCUT2D eigenvalue weighted by Crippen LogP contribution is 2.16. The van der Waals surface area contributed by atoms with Crippen LogP contribution in [0.25, 0.3) is 0 Å². The van der Waals surface area contributed by atoms with Crippen LogP contribution < -0.4 is 0 Å². The van der Waals surface area contributed by atoms with Gasteiger partial charge < -0.3 is 0 Å². The molecule has 0 aliphatic rings. The summed E-state index contributed by atoms with van der Waals surface area (Å²) in [4.78, 5) is 0. The van der Waals surface area contributed by atoms with Crippen molar-refractivity contribution in [2.24, 2.45) is 5.11 Å². The van der Waals surface area contributed by atoms with E-state index in [1.54, 1.807) is 19.1 Å². The summed E-state index contributed by atoms with van der Waals surface area (Å²) in [7, 11) is 0. The van der Waals surface area contributed by atoms with Crippen molar-refractivity contribution in [3.8, 4) is 0 Å². The van der Waals surface area contributed by atoms with Crippen molar-refractivity contribution in [1.29, 1.82) is 5.53 Å². The minimum Gasteiger partial charge on any atom is -0.209 e. The van der Waals surface area contributed by atoms with E-state index in [-0.39, 0.29) is 11.9 Å². The van der Waals surface area contributed by atoms with Gasteiger partial charge in [0, 0.05) is 0 Å². The Morgan fingerprint density at radius 3 is 2.82 bits per heavy atom. The number of hydrogen-bond donors (Lipinski definition) is 1. The highest BCUT2D eigenvalue weighted by Gasteiger charge is 2.02. The molecule has 1 aromatic rings. The van der Waals surface area contributed by atoms with Crippen molar-refractivity contribution in [3.05, 3.63) is 35.6 Å². The molecule has 0 aliphatic carbocycles. The van der Waals surface area contributed by atoms with Crippen LogP contribution in [0.15, 0.2) is 29.4 Å². The zero-order valence-corrected chi connectivity index (χ0v) is 6.21. The Hall–Kier alpha value is -1.25. The molecular weight excluding hydrogens is 143 g/mol. The van der Waals surface area contributed by atoms with Crippen LogP contribution >= 0.6 is 0 Å². The minimum atomic E-state index is -0.280. The summed E-state index contributed by atoms with van der Waals surface area (Å²) in [6.45, 7) is 1.75. The number of rotatable bonds is 2. The molecule has 58 valence electrons. The van der Waals surface area contributed by atoms with Crippen LogP contribution in [0.1, 0.15) is 18.5 Å². The van der Waals surface area contributed by atoms with Crippen LogP contribution in [0.4, 0.5) is 4.39 Å². The van der Waals surface area contributed by atoms with Gasteiger partial charge in [-0.15, -0.1) is 0 Å². The summed E-state index contributed by atoms with van der Waals surface area (Å²) in [6.07, 6.45) is 0. The summed E-state index contributed by atoms with van der Waals surface area (Å²) >= 11 is 0. The maximum Gasteiger partial charge on any atom is 0.123 e. The molecule has 0 heterocycles. The Kier molecular flexibility index (Phi) is 2.31. The van der Waals surface area contributed by atoms with Crippen molar-refractivity contribution in [1.82, 2.24) is 0 Å². The Bertz CT molecular complexity index is 260. The Labute approximate surface area is 64.6 Å². The lowest BCUT2D eigenvalue weighted by Gasteiger charge is -2.02. The highest BCUT2D eigenvalue weighted by molar-refractivity contribution is 5.19.